The Kier molecular flexibility index (Phi) is 3.33. The summed E-state index contributed by atoms with van der Waals surface area (Å²) in [5, 5.41) is 0. The third-order valence-corrected chi connectivity index (χ3v) is 4.76. The lowest BCUT2D eigenvalue weighted by Gasteiger charge is -2.10. The summed E-state index contributed by atoms with van der Waals surface area (Å²) in [4.78, 5) is 0.0400. The van der Waals surface area contributed by atoms with E-state index in [2.05, 4.69) is 4.72 Å². The number of hydrogen-bond acceptors (Lipinski definition) is 3. The molecule has 1 aliphatic rings. The first kappa shape index (κ1) is 13.9. The number of nitrogens with one attached hydrogen (secondary N) is 1. The molecule has 0 amide bonds. The predicted octanol–water partition coefficient (Wildman–Crippen LogP) is 2.87. The number of ether oxygens (including phenoxy) is 1. The molecule has 0 saturated heterocycles. The van der Waals surface area contributed by atoms with Crippen LogP contribution < -0.4 is 9.46 Å². The fourth-order valence-corrected chi connectivity index (χ4v) is 3.38. The van der Waals surface area contributed by atoms with Crippen LogP contribution in [0.15, 0.2) is 41.3 Å². The Hall–Kier alpha value is -2.08. The van der Waals surface area contributed by atoms with Crippen LogP contribution in [0.1, 0.15) is 11.1 Å². The molecule has 0 radical (unpaired) electrons. The molecule has 110 valence electrons. The van der Waals surface area contributed by atoms with Gasteiger partial charge in [0.1, 0.15) is 11.6 Å². The van der Waals surface area contributed by atoms with E-state index in [0.29, 0.717) is 17.9 Å². The Morgan fingerprint density at radius 2 is 2.00 bits per heavy atom. The summed E-state index contributed by atoms with van der Waals surface area (Å²) in [6.45, 7) is 2.14. The van der Waals surface area contributed by atoms with Crippen LogP contribution in [0.5, 0.6) is 5.75 Å². The first-order chi connectivity index (χ1) is 9.95. The zero-order valence-electron chi connectivity index (χ0n) is 11.4. The minimum Gasteiger partial charge on any atom is -0.493 e. The summed E-state index contributed by atoms with van der Waals surface area (Å²) in [5.74, 6) is 0.360. The van der Waals surface area contributed by atoms with Crippen molar-refractivity contribution in [3.8, 4) is 5.75 Å². The number of fused-ring (bicyclic) bond motifs is 1. The van der Waals surface area contributed by atoms with E-state index in [4.69, 9.17) is 4.74 Å². The molecule has 0 aliphatic carbocycles. The lowest BCUT2D eigenvalue weighted by molar-refractivity contribution is 0.357. The minimum atomic E-state index is -3.73. The molecule has 1 heterocycles. The predicted molar refractivity (Wildman–Crippen MR) is 77.6 cm³/mol. The second kappa shape index (κ2) is 5.04. The van der Waals surface area contributed by atoms with Gasteiger partial charge in [-0.3, -0.25) is 4.72 Å². The van der Waals surface area contributed by atoms with Gasteiger partial charge in [0, 0.05) is 12.1 Å². The summed E-state index contributed by atoms with van der Waals surface area (Å²) >= 11 is 0. The molecule has 0 unspecified atom stereocenters. The van der Waals surface area contributed by atoms with Gasteiger partial charge in [-0.1, -0.05) is 0 Å². The van der Waals surface area contributed by atoms with Crippen LogP contribution in [-0.2, 0) is 16.4 Å². The number of aryl methyl sites for hydroxylation is 1. The molecule has 0 atom stereocenters. The van der Waals surface area contributed by atoms with E-state index in [-0.39, 0.29) is 4.90 Å². The summed E-state index contributed by atoms with van der Waals surface area (Å²) in [7, 11) is -3.73. The van der Waals surface area contributed by atoms with E-state index in [1.165, 1.54) is 19.1 Å². The molecular formula is C15H14FNO3S. The summed E-state index contributed by atoms with van der Waals surface area (Å²) < 4.78 is 45.7. The molecule has 4 nitrogen and oxygen atoms in total. The highest BCUT2D eigenvalue weighted by atomic mass is 32.2. The van der Waals surface area contributed by atoms with Crippen molar-refractivity contribution in [2.24, 2.45) is 0 Å². The number of anilines is 1. The molecule has 0 fully saturated rings. The van der Waals surface area contributed by atoms with Crippen molar-refractivity contribution in [3.05, 3.63) is 53.3 Å². The molecular weight excluding hydrogens is 293 g/mol. The van der Waals surface area contributed by atoms with Crippen molar-refractivity contribution in [1.82, 2.24) is 0 Å². The normalized spacial score (nSPS) is 13.6. The van der Waals surface area contributed by atoms with E-state index in [0.717, 1.165) is 23.8 Å². The average Bonchev–Trinajstić information content (AvgIpc) is 2.88. The average molecular weight is 307 g/mol. The first-order valence-corrected chi connectivity index (χ1v) is 7.99. The standard InChI is InChI=1S/C15H14FNO3S/c1-10-8-13(3-4-14(10)16)21(18,19)17-12-2-5-15-11(9-12)6-7-20-15/h2-5,8-9,17H,6-7H2,1H3. The van der Waals surface area contributed by atoms with Gasteiger partial charge < -0.3 is 4.74 Å². The van der Waals surface area contributed by atoms with Gasteiger partial charge in [0.15, 0.2) is 0 Å². The molecule has 6 heteroatoms. The van der Waals surface area contributed by atoms with E-state index >= 15 is 0 Å². The van der Waals surface area contributed by atoms with Crippen LogP contribution in [-0.4, -0.2) is 15.0 Å². The fraction of sp³-hybridized carbons (Fsp3) is 0.200. The number of rotatable bonds is 3. The van der Waals surface area contributed by atoms with Crippen LogP contribution in [0.25, 0.3) is 0 Å². The molecule has 0 saturated carbocycles. The monoisotopic (exact) mass is 307 g/mol. The molecule has 2 aromatic rings. The number of sulfonamides is 1. The maximum Gasteiger partial charge on any atom is 0.261 e. The highest BCUT2D eigenvalue weighted by molar-refractivity contribution is 7.92. The van der Waals surface area contributed by atoms with E-state index < -0.39 is 15.8 Å². The van der Waals surface area contributed by atoms with Gasteiger partial charge in [0.2, 0.25) is 0 Å². The van der Waals surface area contributed by atoms with Crippen LogP contribution in [0.3, 0.4) is 0 Å². The first-order valence-electron chi connectivity index (χ1n) is 6.50. The van der Waals surface area contributed by atoms with Crippen LogP contribution in [0.4, 0.5) is 10.1 Å². The molecule has 3 rings (SSSR count). The minimum absolute atomic E-state index is 0.0400. The fourth-order valence-electron chi connectivity index (χ4n) is 2.25. The Labute approximate surface area is 122 Å². The Bertz CT molecular complexity index is 803. The summed E-state index contributed by atoms with van der Waals surface area (Å²) in [5.41, 5.74) is 1.74. The van der Waals surface area contributed by atoms with E-state index in [1.54, 1.807) is 18.2 Å². The molecule has 0 bridgehead atoms. The Morgan fingerprint density at radius 1 is 1.19 bits per heavy atom. The maximum atomic E-state index is 13.2. The Balaban J connectivity index is 1.90. The quantitative estimate of drug-likeness (QED) is 0.948. The number of benzene rings is 2. The van der Waals surface area contributed by atoms with E-state index in [9.17, 15) is 12.8 Å². The van der Waals surface area contributed by atoms with Crippen molar-refractivity contribution in [1.29, 1.82) is 0 Å². The molecule has 1 N–H and O–H groups in total. The SMILES string of the molecule is Cc1cc(S(=O)(=O)Nc2ccc3c(c2)CCO3)ccc1F. The molecule has 0 spiro atoms. The number of halogens is 1. The summed E-state index contributed by atoms with van der Waals surface area (Å²) in [6, 6.07) is 8.88. The second-order valence-electron chi connectivity index (χ2n) is 4.94. The zero-order chi connectivity index (χ0) is 15.0. The van der Waals surface area contributed by atoms with Crippen molar-refractivity contribution >= 4 is 15.7 Å². The van der Waals surface area contributed by atoms with Crippen LogP contribution in [0, 0.1) is 12.7 Å². The highest BCUT2D eigenvalue weighted by Gasteiger charge is 2.18. The molecule has 1 aliphatic heterocycles. The van der Waals surface area contributed by atoms with Gasteiger partial charge in [0.25, 0.3) is 10.0 Å². The highest BCUT2D eigenvalue weighted by Crippen LogP contribution is 2.29. The largest absolute Gasteiger partial charge is 0.493 e. The van der Waals surface area contributed by atoms with Gasteiger partial charge in [-0.05, 0) is 54.4 Å². The molecule has 0 aromatic heterocycles. The van der Waals surface area contributed by atoms with Gasteiger partial charge in [-0.15, -0.1) is 0 Å². The second-order valence-corrected chi connectivity index (χ2v) is 6.62. The van der Waals surface area contributed by atoms with Crippen LogP contribution in [0.2, 0.25) is 0 Å². The topological polar surface area (TPSA) is 55.4 Å². The van der Waals surface area contributed by atoms with Gasteiger partial charge in [-0.25, -0.2) is 12.8 Å². The number of hydrogen-bond donors (Lipinski definition) is 1. The third-order valence-electron chi connectivity index (χ3n) is 3.38. The van der Waals surface area contributed by atoms with Crippen molar-refractivity contribution < 1.29 is 17.5 Å². The van der Waals surface area contributed by atoms with Gasteiger partial charge >= 0.3 is 0 Å². The Morgan fingerprint density at radius 3 is 2.76 bits per heavy atom. The van der Waals surface area contributed by atoms with Crippen molar-refractivity contribution in [2.75, 3.05) is 11.3 Å². The molecule has 21 heavy (non-hydrogen) atoms. The lowest BCUT2D eigenvalue weighted by atomic mass is 10.1. The van der Waals surface area contributed by atoms with Gasteiger partial charge in [-0.2, -0.15) is 0 Å². The third kappa shape index (κ3) is 2.71. The van der Waals surface area contributed by atoms with Crippen molar-refractivity contribution in [2.45, 2.75) is 18.2 Å². The zero-order valence-corrected chi connectivity index (χ0v) is 12.2. The smallest absolute Gasteiger partial charge is 0.261 e. The van der Waals surface area contributed by atoms with Crippen LogP contribution >= 0.6 is 0 Å². The molecule has 2 aromatic carbocycles. The summed E-state index contributed by atoms with van der Waals surface area (Å²) in [6.07, 6.45) is 0.764. The van der Waals surface area contributed by atoms with Crippen molar-refractivity contribution in [3.63, 3.8) is 0 Å². The van der Waals surface area contributed by atoms with Gasteiger partial charge in [0.05, 0.1) is 11.5 Å². The lowest BCUT2D eigenvalue weighted by Crippen LogP contribution is -2.13. The maximum absolute atomic E-state index is 13.2. The van der Waals surface area contributed by atoms with E-state index in [1.807, 2.05) is 0 Å².